The van der Waals surface area contributed by atoms with Gasteiger partial charge in [0.2, 0.25) is 5.91 Å². The molecule has 1 amide bonds. The third kappa shape index (κ3) is 7.74. The van der Waals surface area contributed by atoms with Crippen molar-refractivity contribution in [1.82, 2.24) is 9.80 Å². The summed E-state index contributed by atoms with van der Waals surface area (Å²) in [4.78, 5) is 26.1. The molecule has 1 N–H and O–H groups in total. The minimum Gasteiger partial charge on any atom is -0.475 e. The van der Waals surface area contributed by atoms with Crippen LogP contribution in [0.1, 0.15) is 38.5 Å². The molecule has 32 heavy (non-hydrogen) atoms. The maximum Gasteiger partial charge on any atom is 0.490 e. The molecule has 184 valence electrons. The predicted octanol–water partition coefficient (Wildman–Crippen LogP) is 2.95. The molecule has 3 unspecified atom stereocenters. The molecule has 3 rings (SSSR count). The minimum absolute atomic E-state index is 0.0109. The summed E-state index contributed by atoms with van der Waals surface area (Å²) in [5, 5.41) is 7.12. The normalized spacial score (nSPS) is 28.0. The largest absolute Gasteiger partial charge is 0.490 e. The summed E-state index contributed by atoms with van der Waals surface area (Å²) in [5.41, 5.74) is -0.0109. The molecular formula is C22H35F3N2O5. The average Bonchev–Trinajstić information content (AvgIpc) is 2.76. The first-order valence-electron chi connectivity index (χ1n) is 11.1. The Balaban J connectivity index is 0.000000451. The quantitative estimate of drug-likeness (QED) is 0.481. The van der Waals surface area contributed by atoms with Gasteiger partial charge >= 0.3 is 12.1 Å². The third-order valence-corrected chi connectivity index (χ3v) is 6.23. The lowest BCUT2D eigenvalue weighted by atomic mass is 9.72. The number of ether oxygens (including phenoxy) is 2. The van der Waals surface area contributed by atoms with E-state index in [-0.39, 0.29) is 17.4 Å². The SMILES string of the molecule is CN(C)CCOCC12CCCOC1CCN(C(=O)C1CC=CCC1)C2.O=C(O)C(F)(F)F. The monoisotopic (exact) mass is 464 g/mol. The van der Waals surface area contributed by atoms with Crippen molar-refractivity contribution in [3.8, 4) is 0 Å². The van der Waals surface area contributed by atoms with E-state index in [9.17, 15) is 18.0 Å². The van der Waals surface area contributed by atoms with Gasteiger partial charge in [-0.05, 0) is 52.6 Å². The number of halogens is 3. The highest BCUT2D eigenvalue weighted by atomic mass is 19.4. The molecule has 2 saturated heterocycles. The highest BCUT2D eigenvalue weighted by molar-refractivity contribution is 5.79. The van der Waals surface area contributed by atoms with Gasteiger partial charge in [-0.3, -0.25) is 4.79 Å². The molecule has 3 aliphatic rings. The molecule has 3 atom stereocenters. The molecule has 2 heterocycles. The van der Waals surface area contributed by atoms with Crippen molar-refractivity contribution in [1.29, 1.82) is 0 Å². The first kappa shape index (κ1) is 26.6. The van der Waals surface area contributed by atoms with E-state index in [0.29, 0.717) is 12.5 Å². The first-order valence-corrected chi connectivity index (χ1v) is 11.1. The van der Waals surface area contributed by atoms with Crippen LogP contribution in [0.2, 0.25) is 0 Å². The Morgan fingerprint density at radius 3 is 2.59 bits per heavy atom. The number of hydrogen-bond donors (Lipinski definition) is 1. The van der Waals surface area contributed by atoms with E-state index in [4.69, 9.17) is 19.4 Å². The van der Waals surface area contributed by atoms with Crippen LogP contribution in [0, 0.1) is 11.3 Å². The summed E-state index contributed by atoms with van der Waals surface area (Å²) in [6.45, 7) is 4.87. The standard InChI is InChI=1S/C20H34N2O3.C2HF3O2/c1-21(2)12-14-24-16-20-10-6-13-25-18(20)9-11-22(15-20)19(23)17-7-4-3-5-8-17;3-2(4,5)1(6)7/h3-4,17-18H,5-16H2,1-2H3;(H,6,7). The molecule has 1 aliphatic carbocycles. The lowest BCUT2D eigenvalue weighted by Gasteiger charge is -2.50. The maximum atomic E-state index is 13.0. The Bertz CT molecular complexity index is 656. The van der Waals surface area contributed by atoms with E-state index in [1.165, 1.54) is 0 Å². The van der Waals surface area contributed by atoms with Gasteiger partial charge < -0.3 is 24.4 Å². The number of fused-ring (bicyclic) bond motifs is 1. The van der Waals surface area contributed by atoms with Crippen LogP contribution in [0.3, 0.4) is 0 Å². The molecule has 0 saturated carbocycles. The Hall–Kier alpha value is -1.65. The summed E-state index contributed by atoms with van der Waals surface area (Å²) in [6, 6.07) is 0. The first-order chi connectivity index (χ1) is 15.0. The van der Waals surface area contributed by atoms with Gasteiger partial charge in [-0.15, -0.1) is 0 Å². The fourth-order valence-electron chi connectivity index (χ4n) is 4.49. The van der Waals surface area contributed by atoms with Crippen molar-refractivity contribution in [2.24, 2.45) is 11.3 Å². The molecule has 0 spiro atoms. The number of nitrogens with zero attached hydrogens (tertiary/aromatic N) is 2. The van der Waals surface area contributed by atoms with E-state index in [1.54, 1.807) is 0 Å². The third-order valence-electron chi connectivity index (χ3n) is 6.23. The number of carbonyl (C=O) groups is 2. The molecule has 7 nitrogen and oxygen atoms in total. The van der Waals surface area contributed by atoms with Crippen molar-refractivity contribution >= 4 is 11.9 Å². The van der Waals surface area contributed by atoms with Crippen molar-refractivity contribution in [3.63, 3.8) is 0 Å². The number of carboxylic acid groups (broad SMARTS) is 1. The van der Waals surface area contributed by atoms with E-state index in [0.717, 1.165) is 71.4 Å². The van der Waals surface area contributed by atoms with Crippen LogP contribution in [-0.2, 0) is 19.1 Å². The van der Waals surface area contributed by atoms with E-state index >= 15 is 0 Å². The number of carboxylic acids is 1. The number of piperidine rings is 1. The zero-order valence-electron chi connectivity index (χ0n) is 18.9. The zero-order chi connectivity index (χ0) is 23.8. The number of allylic oxidation sites excluding steroid dienone is 2. The Labute approximate surface area is 187 Å². The molecule has 0 aromatic rings. The van der Waals surface area contributed by atoms with Crippen molar-refractivity contribution in [2.75, 3.05) is 53.6 Å². The maximum absolute atomic E-state index is 13.0. The van der Waals surface area contributed by atoms with Crippen molar-refractivity contribution in [2.45, 2.75) is 50.8 Å². The van der Waals surface area contributed by atoms with Crippen LogP contribution in [0.25, 0.3) is 0 Å². The van der Waals surface area contributed by atoms with Crippen LogP contribution in [0.15, 0.2) is 12.2 Å². The topological polar surface area (TPSA) is 79.3 Å². The van der Waals surface area contributed by atoms with Gasteiger partial charge in [0.15, 0.2) is 0 Å². The van der Waals surface area contributed by atoms with Crippen molar-refractivity contribution in [3.05, 3.63) is 12.2 Å². The number of rotatable bonds is 6. The average molecular weight is 465 g/mol. The fourth-order valence-corrected chi connectivity index (χ4v) is 4.49. The zero-order valence-corrected chi connectivity index (χ0v) is 18.9. The molecule has 2 aliphatic heterocycles. The summed E-state index contributed by atoms with van der Waals surface area (Å²) in [6.07, 6.45) is 5.60. The summed E-state index contributed by atoms with van der Waals surface area (Å²) >= 11 is 0. The summed E-state index contributed by atoms with van der Waals surface area (Å²) in [7, 11) is 4.13. The minimum atomic E-state index is -5.08. The molecule has 0 aromatic heterocycles. The molecule has 0 bridgehead atoms. The van der Waals surface area contributed by atoms with Crippen molar-refractivity contribution < 1.29 is 37.3 Å². The number of amides is 1. The Morgan fingerprint density at radius 2 is 2.00 bits per heavy atom. The van der Waals surface area contributed by atoms with Crippen LogP contribution in [0.5, 0.6) is 0 Å². The van der Waals surface area contributed by atoms with Gasteiger partial charge in [-0.25, -0.2) is 4.79 Å². The number of aliphatic carboxylic acids is 1. The second-order valence-electron chi connectivity index (χ2n) is 9.01. The van der Waals surface area contributed by atoms with Crippen LogP contribution < -0.4 is 0 Å². The van der Waals surface area contributed by atoms with Gasteiger partial charge in [-0.2, -0.15) is 13.2 Å². The smallest absolute Gasteiger partial charge is 0.475 e. The molecule has 2 fully saturated rings. The fraction of sp³-hybridized carbons (Fsp3) is 0.818. The van der Waals surface area contributed by atoms with Gasteiger partial charge in [-0.1, -0.05) is 12.2 Å². The predicted molar refractivity (Wildman–Crippen MR) is 112 cm³/mol. The summed E-state index contributed by atoms with van der Waals surface area (Å²) < 4.78 is 43.9. The highest BCUT2D eigenvalue weighted by Crippen LogP contribution is 2.41. The van der Waals surface area contributed by atoms with Crippen LogP contribution in [-0.4, -0.2) is 92.6 Å². The molecular weight excluding hydrogens is 429 g/mol. The number of carbonyl (C=O) groups excluding carboxylic acids is 1. The Kier molecular flexibility index (Phi) is 9.97. The van der Waals surface area contributed by atoms with E-state index in [2.05, 4.69) is 36.0 Å². The summed E-state index contributed by atoms with van der Waals surface area (Å²) in [5.74, 6) is -2.23. The van der Waals surface area contributed by atoms with Gasteiger partial charge in [0, 0.05) is 37.6 Å². The Morgan fingerprint density at radius 1 is 1.28 bits per heavy atom. The van der Waals surface area contributed by atoms with Gasteiger partial charge in [0.25, 0.3) is 0 Å². The molecule has 10 heteroatoms. The lowest BCUT2D eigenvalue weighted by molar-refractivity contribution is -0.192. The second-order valence-corrected chi connectivity index (χ2v) is 9.01. The van der Waals surface area contributed by atoms with Crippen LogP contribution in [0.4, 0.5) is 13.2 Å². The number of alkyl halides is 3. The van der Waals surface area contributed by atoms with E-state index < -0.39 is 12.1 Å². The van der Waals surface area contributed by atoms with Crippen LogP contribution >= 0.6 is 0 Å². The number of likely N-dealkylation sites (tertiary alicyclic amines) is 1. The van der Waals surface area contributed by atoms with E-state index in [1.807, 2.05) is 0 Å². The van der Waals surface area contributed by atoms with Gasteiger partial charge in [0.1, 0.15) is 0 Å². The highest BCUT2D eigenvalue weighted by Gasteiger charge is 2.47. The second kappa shape index (κ2) is 12.0. The number of hydrogen-bond acceptors (Lipinski definition) is 5. The number of likely N-dealkylation sites (N-methyl/N-ethyl adjacent to an activating group) is 1. The molecule has 0 aromatic carbocycles. The molecule has 0 radical (unpaired) electrons. The lowest BCUT2D eigenvalue weighted by Crippen LogP contribution is -2.59. The van der Waals surface area contributed by atoms with Gasteiger partial charge in [0.05, 0.1) is 19.3 Å².